The Balaban J connectivity index is 1.92. The Hall–Kier alpha value is -3.70. The lowest BCUT2D eigenvalue weighted by Gasteiger charge is -2.29. The molecule has 2 heterocycles. The molecule has 0 aliphatic carbocycles. The van der Waals surface area contributed by atoms with Crippen molar-refractivity contribution in [3.63, 3.8) is 0 Å². The van der Waals surface area contributed by atoms with Crippen LogP contribution >= 0.6 is 0 Å². The van der Waals surface area contributed by atoms with Crippen LogP contribution in [0.5, 0.6) is 11.5 Å². The molecule has 0 unspecified atom stereocenters. The van der Waals surface area contributed by atoms with Crippen LogP contribution in [0.2, 0.25) is 0 Å². The van der Waals surface area contributed by atoms with E-state index in [1.54, 1.807) is 10.6 Å². The molecule has 0 saturated carbocycles. The number of nitrogens with zero attached hydrogens (tertiary/aromatic N) is 1. The van der Waals surface area contributed by atoms with E-state index >= 15 is 0 Å². The third-order valence-electron chi connectivity index (χ3n) is 4.37. The number of nitrogens with one attached hydrogen (secondary N) is 2. The summed E-state index contributed by atoms with van der Waals surface area (Å²) in [5.74, 6) is -2.53. The summed E-state index contributed by atoms with van der Waals surface area (Å²) in [5, 5.41) is 3.17. The van der Waals surface area contributed by atoms with Crippen molar-refractivity contribution in [1.82, 2.24) is 15.5 Å². The van der Waals surface area contributed by atoms with Crippen molar-refractivity contribution in [3.05, 3.63) is 47.9 Å². The van der Waals surface area contributed by atoms with E-state index in [9.17, 15) is 27.6 Å². The number of ether oxygens (including phenoxy) is 2. The van der Waals surface area contributed by atoms with Gasteiger partial charge in [-0.15, -0.1) is 0 Å². The van der Waals surface area contributed by atoms with Gasteiger partial charge in [0, 0.05) is 5.56 Å². The van der Waals surface area contributed by atoms with E-state index in [4.69, 9.17) is 13.9 Å². The van der Waals surface area contributed by atoms with Crippen molar-refractivity contribution >= 4 is 17.8 Å². The Morgan fingerprint density at radius 1 is 1.20 bits per heavy atom. The lowest BCUT2D eigenvalue weighted by atomic mass is 10.1. The molecule has 0 radical (unpaired) electrons. The van der Waals surface area contributed by atoms with Crippen molar-refractivity contribution in [1.29, 1.82) is 0 Å². The molecular weight excluding hydrogens is 411 g/mol. The smallest absolute Gasteiger partial charge is 0.440 e. The Morgan fingerprint density at radius 3 is 2.47 bits per heavy atom. The fourth-order valence-corrected chi connectivity index (χ4v) is 2.85. The molecule has 3 rings (SSSR count). The van der Waals surface area contributed by atoms with E-state index in [0.29, 0.717) is 4.90 Å². The zero-order valence-corrected chi connectivity index (χ0v) is 15.7. The van der Waals surface area contributed by atoms with Gasteiger partial charge in [-0.05, 0) is 30.3 Å². The Kier molecular flexibility index (Phi) is 5.33. The summed E-state index contributed by atoms with van der Waals surface area (Å²) in [6.07, 6.45) is -4.09. The average Bonchev–Trinajstić information content (AvgIpc) is 3.30. The molecule has 1 atom stereocenters. The summed E-state index contributed by atoms with van der Waals surface area (Å²) in [6.45, 7) is -0.540. The van der Waals surface area contributed by atoms with E-state index in [0.717, 1.165) is 6.07 Å². The number of benzene rings is 1. The second-order valence-corrected chi connectivity index (χ2v) is 6.17. The van der Waals surface area contributed by atoms with Crippen LogP contribution in [-0.2, 0) is 11.3 Å². The highest BCUT2D eigenvalue weighted by Gasteiger charge is 2.68. The number of furan rings is 1. The predicted molar refractivity (Wildman–Crippen MR) is 93.6 cm³/mol. The Morgan fingerprint density at radius 2 is 1.90 bits per heavy atom. The molecule has 4 amide bonds. The summed E-state index contributed by atoms with van der Waals surface area (Å²) in [5.41, 5.74) is -3.89. The van der Waals surface area contributed by atoms with Gasteiger partial charge in [-0.2, -0.15) is 13.2 Å². The molecule has 1 fully saturated rings. The SMILES string of the molecule is COc1ccc(C(=O)N[C@]2(C(F)(F)F)NC(=O)N(Cc3ccco3)C2=O)cc1OC. The van der Waals surface area contributed by atoms with Crippen LogP contribution in [0, 0.1) is 0 Å². The van der Waals surface area contributed by atoms with E-state index in [2.05, 4.69) is 0 Å². The number of hydrogen-bond acceptors (Lipinski definition) is 6. The monoisotopic (exact) mass is 427 g/mol. The molecule has 0 bridgehead atoms. The third-order valence-corrected chi connectivity index (χ3v) is 4.37. The number of imide groups is 1. The van der Waals surface area contributed by atoms with E-state index in [-0.39, 0.29) is 22.8 Å². The van der Waals surface area contributed by atoms with E-state index in [1.807, 2.05) is 0 Å². The zero-order chi connectivity index (χ0) is 22.1. The van der Waals surface area contributed by atoms with E-state index in [1.165, 1.54) is 44.7 Å². The quantitative estimate of drug-likeness (QED) is 0.683. The average molecular weight is 427 g/mol. The summed E-state index contributed by atoms with van der Waals surface area (Å²) in [4.78, 5) is 37.6. The number of amides is 4. The largest absolute Gasteiger partial charge is 0.493 e. The van der Waals surface area contributed by atoms with Gasteiger partial charge < -0.3 is 19.2 Å². The number of urea groups is 1. The number of halogens is 3. The number of alkyl halides is 3. The van der Waals surface area contributed by atoms with Gasteiger partial charge in [-0.3, -0.25) is 19.8 Å². The second kappa shape index (κ2) is 7.61. The number of carbonyl (C=O) groups excluding carboxylic acids is 3. The zero-order valence-electron chi connectivity index (χ0n) is 15.7. The van der Waals surface area contributed by atoms with Gasteiger partial charge in [-0.25, -0.2) is 4.79 Å². The highest BCUT2D eigenvalue weighted by Crippen LogP contribution is 2.35. The van der Waals surface area contributed by atoms with Crippen LogP contribution in [0.3, 0.4) is 0 Å². The highest BCUT2D eigenvalue weighted by molar-refractivity contribution is 6.10. The van der Waals surface area contributed by atoms with Crippen molar-refractivity contribution in [2.75, 3.05) is 14.2 Å². The summed E-state index contributed by atoms with van der Waals surface area (Å²) in [7, 11) is 2.63. The first-order chi connectivity index (χ1) is 14.1. The van der Waals surface area contributed by atoms with Gasteiger partial charge in [0.2, 0.25) is 0 Å². The fraction of sp³-hybridized carbons (Fsp3) is 0.278. The highest BCUT2D eigenvalue weighted by atomic mass is 19.4. The van der Waals surface area contributed by atoms with Gasteiger partial charge >= 0.3 is 12.2 Å². The van der Waals surface area contributed by atoms with Crippen molar-refractivity contribution < 1.29 is 41.4 Å². The number of carbonyl (C=O) groups is 3. The maximum atomic E-state index is 13.9. The van der Waals surface area contributed by atoms with Crippen molar-refractivity contribution in [2.24, 2.45) is 0 Å². The second-order valence-electron chi connectivity index (χ2n) is 6.17. The molecule has 2 aromatic rings. The first kappa shape index (κ1) is 21.0. The normalized spacial score (nSPS) is 18.9. The van der Waals surface area contributed by atoms with Crippen molar-refractivity contribution in [2.45, 2.75) is 18.4 Å². The summed E-state index contributed by atoms with van der Waals surface area (Å²) >= 11 is 0. The molecule has 1 aliphatic heterocycles. The van der Waals surface area contributed by atoms with Crippen LogP contribution in [0.1, 0.15) is 16.1 Å². The molecule has 12 heteroatoms. The minimum absolute atomic E-state index is 0.0858. The molecule has 2 N–H and O–H groups in total. The number of methoxy groups -OCH3 is 2. The molecule has 9 nitrogen and oxygen atoms in total. The van der Waals surface area contributed by atoms with Crippen LogP contribution in [0.25, 0.3) is 0 Å². The minimum atomic E-state index is -5.33. The van der Waals surface area contributed by atoms with Crippen LogP contribution in [-0.4, -0.2) is 48.8 Å². The first-order valence-corrected chi connectivity index (χ1v) is 8.40. The maximum absolute atomic E-state index is 13.9. The number of rotatable bonds is 6. The van der Waals surface area contributed by atoms with Gasteiger partial charge in [0.25, 0.3) is 17.5 Å². The van der Waals surface area contributed by atoms with Crippen LogP contribution < -0.4 is 20.1 Å². The molecular formula is C18H16F3N3O6. The van der Waals surface area contributed by atoms with Gasteiger partial charge in [-0.1, -0.05) is 0 Å². The maximum Gasteiger partial charge on any atom is 0.440 e. The summed E-state index contributed by atoms with van der Waals surface area (Å²) in [6, 6.07) is 5.14. The lowest BCUT2D eigenvalue weighted by molar-refractivity contribution is -0.200. The minimum Gasteiger partial charge on any atom is -0.493 e. The van der Waals surface area contributed by atoms with Gasteiger partial charge in [0.05, 0.1) is 27.0 Å². The molecule has 1 saturated heterocycles. The Bertz CT molecular complexity index is 976. The fourth-order valence-electron chi connectivity index (χ4n) is 2.85. The van der Waals surface area contributed by atoms with E-state index < -0.39 is 36.2 Å². The van der Waals surface area contributed by atoms with Crippen LogP contribution in [0.15, 0.2) is 41.0 Å². The first-order valence-electron chi connectivity index (χ1n) is 8.40. The van der Waals surface area contributed by atoms with Gasteiger partial charge in [0.15, 0.2) is 11.5 Å². The third kappa shape index (κ3) is 3.51. The molecule has 1 aromatic heterocycles. The molecule has 30 heavy (non-hydrogen) atoms. The van der Waals surface area contributed by atoms with Crippen molar-refractivity contribution in [3.8, 4) is 11.5 Å². The van der Waals surface area contributed by atoms with Gasteiger partial charge in [0.1, 0.15) is 5.76 Å². The predicted octanol–water partition coefficient (Wildman–Crippen LogP) is 2.04. The lowest BCUT2D eigenvalue weighted by Crippen LogP contribution is -2.69. The molecule has 160 valence electrons. The molecule has 1 aromatic carbocycles. The number of hydrogen-bond donors (Lipinski definition) is 2. The van der Waals surface area contributed by atoms with Crippen LogP contribution in [0.4, 0.5) is 18.0 Å². The standard InChI is InChI=1S/C18H16F3N3O6/c1-28-12-6-5-10(8-13(12)29-2)14(25)22-17(18(19,20)21)15(26)24(16(27)23-17)9-11-4-3-7-30-11/h3-8H,9H2,1-2H3,(H,22,25)(H,23,27)/t17-/m0/s1. The molecule has 1 aliphatic rings. The molecule has 0 spiro atoms. The summed E-state index contributed by atoms with van der Waals surface area (Å²) < 4.78 is 56.7. The Labute approximate surface area is 167 Å². The topological polar surface area (TPSA) is 110 Å².